The number of carbonyl (C=O) groups excluding carboxylic acids is 1. The Morgan fingerprint density at radius 3 is 2.44 bits per heavy atom. The third-order valence-electron chi connectivity index (χ3n) is 3.51. The average molecular weight is 433 g/mol. The van der Waals surface area contributed by atoms with Gasteiger partial charge >= 0.3 is 29.6 Å². The maximum atomic E-state index is 12.2. The Morgan fingerprint density at radius 1 is 1.15 bits per heavy atom. The number of carbonyl (C=O) groups is 1. The maximum absolute atomic E-state index is 12.2. The van der Waals surface area contributed by atoms with Crippen molar-refractivity contribution in [2.24, 2.45) is 0 Å². The molecule has 0 radical (unpaired) electrons. The zero-order valence-corrected chi connectivity index (χ0v) is 18.3. The number of rotatable bonds is 5. The predicted molar refractivity (Wildman–Crippen MR) is 101 cm³/mol. The van der Waals surface area contributed by atoms with Crippen molar-refractivity contribution in [3.05, 3.63) is 69.2 Å². The molecule has 0 amide bonds. The van der Waals surface area contributed by atoms with Crippen LogP contribution in [0.5, 0.6) is 0 Å². The second-order valence-electron chi connectivity index (χ2n) is 5.33. The number of fused-ring (bicyclic) bond motifs is 1. The molecule has 0 atom stereocenters. The van der Waals surface area contributed by atoms with Gasteiger partial charge in [-0.25, -0.2) is 8.42 Å². The van der Waals surface area contributed by atoms with Crippen LogP contribution < -0.4 is 39.4 Å². The van der Waals surface area contributed by atoms with Crippen LogP contribution >= 0.6 is 23.2 Å². The molecular formula is C17H11Cl2N2NaO4S. The molecule has 0 saturated heterocycles. The second kappa shape index (κ2) is 8.68. The van der Waals surface area contributed by atoms with Crippen molar-refractivity contribution in [1.29, 1.82) is 0 Å². The van der Waals surface area contributed by atoms with Gasteiger partial charge in [0, 0.05) is 27.2 Å². The summed E-state index contributed by atoms with van der Waals surface area (Å²) < 4.78 is 26.8. The van der Waals surface area contributed by atoms with E-state index in [1.807, 2.05) is 0 Å². The minimum absolute atomic E-state index is 0. The van der Waals surface area contributed by atoms with Crippen LogP contribution in [0.3, 0.4) is 0 Å². The molecule has 10 heteroatoms. The number of aromatic carboxylic acids is 1. The van der Waals surface area contributed by atoms with Gasteiger partial charge in [0.05, 0.1) is 22.1 Å². The van der Waals surface area contributed by atoms with Gasteiger partial charge in [0.2, 0.25) is 0 Å². The average Bonchev–Trinajstić information content (AvgIpc) is 2.92. The van der Waals surface area contributed by atoms with E-state index in [1.54, 1.807) is 30.3 Å². The molecule has 3 rings (SSSR count). The van der Waals surface area contributed by atoms with Crippen LogP contribution in [0.15, 0.2) is 47.9 Å². The Labute approximate surface area is 187 Å². The number of H-pyrrole nitrogens is 1. The summed E-state index contributed by atoms with van der Waals surface area (Å²) in [6.07, 6.45) is 1.15. The fraction of sp³-hybridized carbons (Fsp3) is 0. The molecule has 6 nitrogen and oxygen atoms in total. The van der Waals surface area contributed by atoms with Crippen LogP contribution in [0, 0.1) is 0 Å². The molecule has 1 heterocycles. The van der Waals surface area contributed by atoms with E-state index in [4.69, 9.17) is 23.2 Å². The summed E-state index contributed by atoms with van der Waals surface area (Å²) in [5, 5.41) is 13.1. The van der Waals surface area contributed by atoms with Crippen molar-refractivity contribution in [2.45, 2.75) is 0 Å². The Bertz CT molecular complexity index is 1130. The largest absolute Gasteiger partial charge is 1.00 e. The minimum Gasteiger partial charge on any atom is -0.543 e. The number of halogens is 2. The summed E-state index contributed by atoms with van der Waals surface area (Å²) in [4.78, 5) is 14.0. The fourth-order valence-corrected chi connectivity index (χ4v) is 3.91. The molecular weight excluding hydrogens is 422 g/mol. The first-order valence-electron chi connectivity index (χ1n) is 7.25. The summed E-state index contributed by atoms with van der Waals surface area (Å²) in [5.41, 5.74) is 0.520. The molecule has 1 aromatic heterocycles. The SMILES string of the molecule is O=C([O-])c1[nH]c2cc(Cl)cc(Cl)c2c1/C=C/S(=O)(=O)Nc1ccccc1.[Na+]. The zero-order valence-electron chi connectivity index (χ0n) is 14.0. The number of aromatic amines is 1. The number of benzene rings is 2. The molecule has 0 aliphatic rings. The molecule has 0 aliphatic carbocycles. The van der Waals surface area contributed by atoms with E-state index >= 15 is 0 Å². The first-order valence-corrected chi connectivity index (χ1v) is 9.55. The van der Waals surface area contributed by atoms with Gasteiger partial charge in [0.15, 0.2) is 0 Å². The zero-order chi connectivity index (χ0) is 18.9. The van der Waals surface area contributed by atoms with Crippen LogP contribution in [0.2, 0.25) is 10.0 Å². The second-order valence-corrected chi connectivity index (χ2v) is 7.74. The molecule has 134 valence electrons. The number of hydrogen-bond donors (Lipinski definition) is 2. The quantitative estimate of drug-likeness (QED) is 0.564. The van der Waals surface area contributed by atoms with Crippen molar-refractivity contribution in [3.63, 3.8) is 0 Å². The van der Waals surface area contributed by atoms with Gasteiger partial charge in [0.25, 0.3) is 10.0 Å². The summed E-state index contributed by atoms with van der Waals surface area (Å²) in [5.74, 6) is -1.50. The number of carboxylic acid groups (broad SMARTS) is 1. The van der Waals surface area contributed by atoms with Crippen molar-refractivity contribution >= 4 is 61.9 Å². The van der Waals surface area contributed by atoms with Gasteiger partial charge in [-0.2, -0.15) is 0 Å². The predicted octanol–water partition coefficient (Wildman–Crippen LogP) is 0.255. The van der Waals surface area contributed by atoms with E-state index in [2.05, 4.69) is 9.71 Å². The van der Waals surface area contributed by atoms with Gasteiger partial charge in [-0.1, -0.05) is 41.4 Å². The van der Waals surface area contributed by atoms with E-state index in [1.165, 1.54) is 12.1 Å². The standard InChI is InChI=1S/C17H12Cl2N2O4S.Na/c18-10-8-13(19)15-12(16(17(22)23)20-14(15)9-10)6-7-26(24,25)21-11-4-2-1-3-5-11;/h1-9,20-21H,(H,22,23);/q;+1/p-1/b7-6+;. The molecule has 0 bridgehead atoms. The molecule has 27 heavy (non-hydrogen) atoms. The van der Waals surface area contributed by atoms with Gasteiger partial charge in [0.1, 0.15) is 0 Å². The molecule has 0 spiro atoms. The number of aromatic nitrogens is 1. The normalized spacial score (nSPS) is 11.5. The van der Waals surface area contributed by atoms with E-state index in [0.717, 1.165) is 11.5 Å². The van der Waals surface area contributed by atoms with E-state index < -0.39 is 16.0 Å². The number of para-hydroxylation sites is 1. The molecule has 0 fully saturated rings. The van der Waals surface area contributed by atoms with Crippen molar-refractivity contribution in [2.75, 3.05) is 4.72 Å². The third kappa shape index (κ3) is 5.07. The molecule has 0 aliphatic heterocycles. The van der Waals surface area contributed by atoms with Crippen molar-refractivity contribution in [3.8, 4) is 0 Å². The summed E-state index contributed by atoms with van der Waals surface area (Å²) >= 11 is 12.1. The summed E-state index contributed by atoms with van der Waals surface area (Å²) in [6.45, 7) is 0. The van der Waals surface area contributed by atoms with Gasteiger partial charge in [-0.05, 0) is 30.3 Å². The van der Waals surface area contributed by atoms with Gasteiger partial charge in [-0.15, -0.1) is 0 Å². The maximum Gasteiger partial charge on any atom is 1.00 e. The van der Waals surface area contributed by atoms with Gasteiger partial charge in [-0.3, -0.25) is 4.72 Å². The van der Waals surface area contributed by atoms with E-state index in [9.17, 15) is 18.3 Å². The Hall–Kier alpha value is -1.48. The topological polar surface area (TPSA) is 102 Å². The minimum atomic E-state index is -3.87. The van der Waals surface area contributed by atoms with Crippen molar-refractivity contribution in [1.82, 2.24) is 4.98 Å². The molecule has 0 saturated carbocycles. The van der Waals surface area contributed by atoms with Crippen LogP contribution in [-0.2, 0) is 10.0 Å². The Balaban J connectivity index is 0.00000261. The Kier molecular flexibility index (Phi) is 7.02. The molecule has 2 N–H and O–H groups in total. The first-order chi connectivity index (χ1) is 12.3. The number of hydrogen-bond acceptors (Lipinski definition) is 4. The van der Waals surface area contributed by atoms with Crippen LogP contribution in [-0.4, -0.2) is 19.4 Å². The van der Waals surface area contributed by atoms with E-state index in [-0.39, 0.29) is 45.8 Å². The Morgan fingerprint density at radius 2 is 1.81 bits per heavy atom. The smallest absolute Gasteiger partial charge is 0.543 e. The van der Waals surface area contributed by atoms with E-state index in [0.29, 0.717) is 21.6 Å². The first kappa shape index (κ1) is 21.8. The van der Waals surface area contributed by atoms with Crippen molar-refractivity contribution < 1.29 is 47.9 Å². The molecule has 3 aromatic rings. The number of carboxylic acids is 1. The molecule has 0 unspecified atom stereocenters. The summed E-state index contributed by atoms with van der Waals surface area (Å²) in [6, 6.07) is 11.2. The number of anilines is 1. The van der Waals surface area contributed by atoms with Crippen LogP contribution in [0.25, 0.3) is 17.0 Å². The van der Waals surface area contributed by atoms with Crippen LogP contribution in [0.4, 0.5) is 5.69 Å². The third-order valence-corrected chi connectivity index (χ3v) is 5.04. The number of sulfonamides is 1. The monoisotopic (exact) mass is 432 g/mol. The number of nitrogens with one attached hydrogen (secondary N) is 2. The van der Waals surface area contributed by atoms with Crippen LogP contribution in [0.1, 0.15) is 16.1 Å². The fourth-order valence-electron chi connectivity index (χ4n) is 2.46. The molecule has 2 aromatic carbocycles. The van der Waals surface area contributed by atoms with Gasteiger partial charge < -0.3 is 14.9 Å². The summed E-state index contributed by atoms with van der Waals surface area (Å²) in [7, 11) is -3.87.